The smallest absolute Gasteiger partial charge is 0.311 e. The first-order chi connectivity index (χ1) is 15.3. The standard InChI is InChI=1S/C21H20N2O9/c1-28-14-7-6-11(8-13(14)23(26)27)17-18(21(25)22(32-5)20(17)24)12-9-15(29-2)19(31-4)16(10-12)30-3/h6-10H,1-5H3. The molecule has 2 aromatic carbocycles. The first kappa shape index (κ1) is 22.6. The number of amides is 2. The molecule has 2 amide bonds. The molecule has 0 saturated carbocycles. The van der Waals surface area contributed by atoms with Crippen molar-refractivity contribution in [3.63, 3.8) is 0 Å². The Labute approximate surface area is 182 Å². The van der Waals surface area contributed by atoms with Crippen molar-refractivity contribution >= 4 is 28.6 Å². The molecule has 1 heterocycles. The number of nitro groups is 1. The van der Waals surface area contributed by atoms with Gasteiger partial charge in [0.15, 0.2) is 17.2 Å². The van der Waals surface area contributed by atoms with Crippen LogP contribution in [-0.4, -0.2) is 57.3 Å². The van der Waals surface area contributed by atoms with Crippen molar-refractivity contribution in [2.45, 2.75) is 0 Å². The lowest BCUT2D eigenvalue weighted by molar-refractivity contribution is -0.385. The second-order valence-electron chi connectivity index (χ2n) is 6.40. The van der Waals surface area contributed by atoms with Gasteiger partial charge in [-0.2, -0.15) is 0 Å². The number of hydroxylamine groups is 2. The van der Waals surface area contributed by atoms with Gasteiger partial charge >= 0.3 is 5.69 Å². The normalized spacial score (nSPS) is 13.5. The summed E-state index contributed by atoms with van der Waals surface area (Å²) in [4.78, 5) is 41.9. The van der Waals surface area contributed by atoms with Crippen molar-refractivity contribution in [2.24, 2.45) is 0 Å². The fourth-order valence-electron chi connectivity index (χ4n) is 3.42. The Hall–Kier alpha value is -4.12. The highest BCUT2D eigenvalue weighted by molar-refractivity contribution is 6.48. The molecule has 0 atom stereocenters. The van der Waals surface area contributed by atoms with Crippen LogP contribution in [0.4, 0.5) is 5.69 Å². The van der Waals surface area contributed by atoms with Crippen LogP contribution in [-0.2, 0) is 14.4 Å². The van der Waals surface area contributed by atoms with Crippen molar-refractivity contribution < 1.29 is 38.3 Å². The highest BCUT2D eigenvalue weighted by Crippen LogP contribution is 2.44. The maximum Gasteiger partial charge on any atom is 0.311 e. The highest BCUT2D eigenvalue weighted by Gasteiger charge is 2.41. The van der Waals surface area contributed by atoms with Gasteiger partial charge in [-0.3, -0.25) is 24.5 Å². The molecule has 0 fully saturated rings. The van der Waals surface area contributed by atoms with Gasteiger partial charge in [-0.1, -0.05) is 0 Å². The molecule has 0 aromatic heterocycles. The van der Waals surface area contributed by atoms with Crippen LogP contribution in [0.25, 0.3) is 11.1 Å². The van der Waals surface area contributed by atoms with E-state index < -0.39 is 16.7 Å². The Bertz CT molecular complexity index is 1120. The fraction of sp³-hybridized carbons (Fsp3) is 0.238. The molecule has 0 saturated heterocycles. The van der Waals surface area contributed by atoms with Gasteiger partial charge in [0.1, 0.15) is 0 Å². The zero-order valence-electron chi connectivity index (χ0n) is 18.0. The number of imide groups is 1. The molecule has 32 heavy (non-hydrogen) atoms. The molecule has 3 rings (SSSR count). The highest BCUT2D eigenvalue weighted by atomic mass is 16.7. The minimum absolute atomic E-state index is 0.00839. The van der Waals surface area contributed by atoms with E-state index in [-0.39, 0.29) is 45.2 Å². The monoisotopic (exact) mass is 444 g/mol. The number of hydrogen-bond acceptors (Lipinski definition) is 9. The van der Waals surface area contributed by atoms with Gasteiger partial charge in [-0.05, 0) is 35.4 Å². The Morgan fingerprint density at radius 3 is 1.72 bits per heavy atom. The third-order valence-electron chi connectivity index (χ3n) is 4.85. The number of nitro benzene ring substituents is 1. The Morgan fingerprint density at radius 2 is 1.28 bits per heavy atom. The SMILES string of the molecule is COc1ccc(C2=C(c3cc(OC)c(OC)c(OC)c3)C(=O)N(OC)C2=O)cc1[N+](=O)[O-]. The molecule has 11 nitrogen and oxygen atoms in total. The van der Waals surface area contributed by atoms with Gasteiger partial charge < -0.3 is 18.9 Å². The molecule has 11 heteroatoms. The molecule has 0 bridgehead atoms. The number of carbonyl (C=O) groups is 2. The molecule has 0 unspecified atom stereocenters. The van der Waals surface area contributed by atoms with Crippen molar-refractivity contribution in [3.05, 3.63) is 51.6 Å². The average Bonchev–Trinajstić information content (AvgIpc) is 3.06. The topological polar surface area (TPSA) is 127 Å². The van der Waals surface area contributed by atoms with E-state index in [0.717, 1.165) is 6.07 Å². The molecular weight excluding hydrogens is 424 g/mol. The van der Waals surface area contributed by atoms with E-state index in [1.165, 1.54) is 59.8 Å². The average molecular weight is 444 g/mol. The molecule has 0 spiro atoms. The summed E-state index contributed by atoms with van der Waals surface area (Å²) in [6, 6.07) is 6.96. The Kier molecular flexibility index (Phi) is 6.30. The van der Waals surface area contributed by atoms with Gasteiger partial charge in [0.2, 0.25) is 5.75 Å². The van der Waals surface area contributed by atoms with Crippen molar-refractivity contribution in [1.82, 2.24) is 5.06 Å². The lowest BCUT2D eigenvalue weighted by atomic mass is 9.95. The maximum absolute atomic E-state index is 13.1. The predicted octanol–water partition coefficient (Wildman–Crippen LogP) is 2.47. The number of benzene rings is 2. The van der Waals surface area contributed by atoms with Crippen molar-refractivity contribution in [3.8, 4) is 23.0 Å². The first-order valence-corrected chi connectivity index (χ1v) is 9.13. The van der Waals surface area contributed by atoms with Crippen LogP contribution >= 0.6 is 0 Å². The number of methoxy groups -OCH3 is 4. The number of nitrogens with zero attached hydrogens (tertiary/aromatic N) is 2. The summed E-state index contributed by atoms with van der Waals surface area (Å²) >= 11 is 0. The van der Waals surface area contributed by atoms with E-state index in [9.17, 15) is 19.7 Å². The van der Waals surface area contributed by atoms with Crippen LogP contribution in [0.1, 0.15) is 11.1 Å². The molecular formula is C21H20N2O9. The molecule has 2 aromatic rings. The predicted molar refractivity (Wildman–Crippen MR) is 111 cm³/mol. The molecule has 0 radical (unpaired) electrons. The van der Waals surface area contributed by atoms with Gasteiger partial charge in [0, 0.05) is 6.07 Å². The summed E-state index contributed by atoms with van der Waals surface area (Å²) in [6.45, 7) is 0. The zero-order valence-corrected chi connectivity index (χ0v) is 18.0. The first-order valence-electron chi connectivity index (χ1n) is 9.13. The van der Waals surface area contributed by atoms with Gasteiger partial charge in [0.25, 0.3) is 11.8 Å². The van der Waals surface area contributed by atoms with Crippen LogP contribution in [0.3, 0.4) is 0 Å². The van der Waals surface area contributed by atoms with Gasteiger partial charge in [-0.25, -0.2) is 0 Å². The molecule has 0 N–H and O–H groups in total. The van der Waals surface area contributed by atoms with Crippen LogP contribution in [0, 0.1) is 10.1 Å². The van der Waals surface area contributed by atoms with E-state index in [2.05, 4.69) is 0 Å². The second kappa shape index (κ2) is 8.94. The van der Waals surface area contributed by atoms with Crippen LogP contribution in [0.2, 0.25) is 0 Å². The Morgan fingerprint density at radius 1 is 0.750 bits per heavy atom. The second-order valence-corrected chi connectivity index (χ2v) is 6.40. The van der Waals surface area contributed by atoms with E-state index in [1.807, 2.05) is 0 Å². The largest absolute Gasteiger partial charge is 0.493 e. The van der Waals surface area contributed by atoms with Gasteiger partial charge in [-0.15, -0.1) is 5.06 Å². The van der Waals surface area contributed by atoms with Crippen LogP contribution in [0.15, 0.2) is 30.3 Å². The summed E-state index contributed by atoms with van der Waals surface area (Å²) in [7, 11) is 6.71. The summed E-state index contributed by atoms with van der Waals surface area (Å²) in [5, 5.41) is 12.1. The van der Waals surface area contributed by atoms with Crippen LogP contribution < -0.4 is 18.9 Å². The molecule has 1 aliphatic rings. The van der Waals surface area contributed by atoms with Crippen LogP contribution in [0.5, 0.6) is 23.0 Å². The minimum atomic E-state index is -0.777. The lowest BCUT2D eigenvalue weighted by Gasteiger charge is -2.15. The summed E-state index contributed by atoms with van der Waals surface area (Å²) < 4.78 is 21.0. The maximum atomic E-state index is 13.1. The van der Waals surface area contributed by atoms with Gasteiger partial charge in [0.05, 0.1) is 51.6 Å². The minimum Gasteiger partial charge on any atom is -0.493 e. The number of rotatable bonds is 8. The number of carbonyl (C=O) groups excluding carboxylic acids is 2. The van der Waals surface area contributed by atoms with Crippen molar-refractivity contribution in [1.29, 1.82) is 0 Å². The Balaban J connectivity index is 2.34. The quantitative estimate of drug-likeness (QED) is 0.343. The zero-order chi connectivity index (χ0) is 23.6. The van der Waals surface area contributed by atoms with Crippen molar-refractivity contribution in [2.75, 3.05) is 35.5 Å². The molecule has 0 aliphatic carbocycles. The lowest BCUT2D eigenvalue weighted by Crippen LogP contribution is -2.30. The summed E-state index contributed by atoms with van der Waals surface area (Å²) in [5.74, 6) is -0.715. The third-order valence-corrected chi connectivity index (χ3v) is 4.85. The summed E-state index contributed by atoms with van der Waals surface area (Å²) in [6.07, 6.45) is 0. The van der Waals surface area contributed by atoms with E-state index in [4.69, 9.17) is 23.8 Å². The number of ether oxygens (including phenoxy) is 4. The summed E-state index contributed by atoms with van der Waals surface area (Å²) in [5.41, 5.74) is -0.0877. The van der Waals surface area contributed by atoms with E-state index >= 15 is 0 Å². The molecule has 168 valence electrons. The molecule has 1 aliphatic heterocycles. The van der Waals surface area contributed by atoms with E-state index in [0.29, 0.717) is 10.8 Å². The third kappa shape index (κ3) is 3.58. The fourth-order valence-corrected chi connectivity index (χ4v) is 3.42. The number of hydrogen-bond donors (Lipinski definition) is 0. The van der Waals surface area contributed by atoms with E-state index in [1.54, 1.807) is 0 Å².